The van der Waals surface area contributed by atoms with E-state index in [2.05, 4.69) is 14.9 Å². The summed E-state index contributed by atoms with van der Waals surface area (Å²) in [5, 5.41) is 10.8. The quantitative estimate of drug-likeness (QED) is 0.406. The maximum absolute atomic E-state index is 13.2. The Balaban J connectivity index is 1.35. The standard InChI is InChI=1S/C21H27N5O4/c1-14-16(12-30-19(14)28)26-11-17(27)21(20(26)29)5-8-25(9-6-21)7-4-15-2-3-18(23-10-15)24-13-22/h2-3,10,13,17,27H,4-9,11-12H2,1H3,(H2,22,23,24). The van der Waals surface area contributed by atoms with Gasteiger partial charge in [0, 0.05) is 12.7 Å². The maximum atomic E-state index is 13.2. The molecule has 2 fully saturated rings. The number of β-amino-alcohol motifs (C(OH)–C–C–N with tert-alkyl or cyclic N) is 1. The number of nitrogens with zero attached hydrogens (tertiary/aromatic N) is 4. The molecular weight excluding hydrogens is 386 g/mol. The molecule has 1 aromatic heterocycles. The average Bonchev–Trinajstić information content (AvgIpc) is 3.20. The van der Waals surface area contributed by atoms with E-state index in [1.807, 2.05) is 12.1 Å². The normalized spacial score (nSPS) is 24.5. The van der Waals surface area contributed by atoms with E-state index >= 15 is 0 Å². The van der Waals surface area contributed by atoms with Crippen molar-refractivity contribution in [2.24, 2.45) is 16.1 Å². The number of hydrogen-bond donors (Lipinski definition) is 2. The highest BCUT2D eigenvalue weighted by Gasteiger charge is 2.55. The average molecular weight is 413 g/mol. The Labute approximate surface area is 175 Å². The van der Waals surface area contributed by atoms with Crippen molar-refractivity contribution in [3.05, 3.63) is 35.2 Å². The number of likely N-dealkylation sites (tertiary alicyclic amines) is 2. The van der Waals surface area contributed by atoms with Gasteiger partial charge in [-0.15, -0.1) is 0 Å². The monoisotopic (exact) mass is 413 g/mol. The van der Waals surface area contributed by atoms with Crippen LogP contribution in [0.15, 0.2) is 34.6 Å². The van der Waals surface area contributed by atoms with E-state index in [-0.39, 0.29) is 25.0 Å². The van der Waals surface area contributed by atoms with Gasteiger partial charge < -0.3 is 25.4 Å². The summed E-state index contributed by atoms with van der Waals surface area (Å²) in [4.78, 5) is 37.0. The Morgan fingerprint density at radius 1 is 1.37 bits per heavy atom. The molecule has 1 aromatic rings. The maximum Gasteiger partial charge on any atom is 0.336 e. The Kier molecular flexibility index (Phi) is 5.57. The van der Waals surface area contributed by atoms with Crippen LogP contribution in [0, 0.1) is 5.41 Å². The van der Waals surface area contributed by atoms with E-state index in [0.29, 0.717) is 29.9 Å². The first-order chi connectivity index (χ1) is 14.4. The molecule has 0 aromatic carbocycles. The number of ether oxygens (including phenoxy) is 1. The van der Waals surface area contributed by atoms with Gasteiger partial charge in [0.25, 0.3) is 0 Å². The molecule has 1 amide bonds. The second-order valence-corrected chi connectivity index (χ2v) is 8.13. The topological polar surface area (TPSA) is 121 Å². The number of aliphatic hydroxyl groups excluding tert-OH is 1. The van der Waals surface area contributed by atoms with Crippen molar-refractivity contribution in [3.8, 4) is 0 Å². The van der Waals surface area contributed by atoms with E-state index in [0.717, 1.165) is 31.6 Å². The number of carbonyl (C=O) groups excluding carboxylic acids is 2. The lowest BCUT2D eigenvalue weighted by atomic mass is 9.75. The molecule has 2 saturated heterocycles. The number of esters is 1. The first-order valence-corrected chi connectivity index (χ1v) is 10.2. The van der Waals surface area contributed by atoms with E-state index < -0.39 is 11.5 Å². The molecule has 1 spiro atoms. The van der Waals surface area contributed by atoms with Gasteiger partial charge in [-0.05, 0) is 50.9 Å². The van der Waals surface area contributed by atoms with Crippen molar-refractivity contribution in [2.75, 3.05) is 32.8 Å². The Bertz CT molecular complexity index is 887. The Morgan fingerprint density at radius 3 is 2.73 bits per heavy atom. The fraction of sp³-hybridized carbons (Fsp3) is 0.524. The summed E-state index contributed by atoms with van der Waals surface area (Å²) in [6.45, 7) is 4.35. The lowest BCUT2D eigenvalue weighted by Gasteiger charge is -2.39. The summed E-state index contributed by atoms with van der Waals surface area (Å²) >= 11 is 0. The van der Waals surface area contributed by atoms with Gasteiger partial charge >= 0.3 is 5.97 Å². The molecule has 30 heavy (non-hydrogen) atoms. The molecule has 4 rings (SSSR count). The first-order valence-electron chi connectivity index (χ1n) is 10.2. The summed E-state index contributed by atoms with van der Waals surface area (Å²) in [5.74, 6) is 0.113. The van der Waals surface area contributed by atoms with E-state index in [4.69, 9.17) is 10.5 Å². The number of cyclic esters (lactones) is 1. The van der Waals surface area contributed by atoms with Gasteiger partial charge in [-0.3, -0.25) is 4.79 Å². The number of piperidine rings is 1. The molecule has 0 aliphatic carbocycles. The zero-order chi connectivity index (χ0) is 21.3. The van der Waals surface area contributed by atoms with Crippen LogP contribution in [0.25, 0.3) is 0 Å². The summed E-state index contributed by atoms with van der Waals surface area (Å²) in [7, 11) is 0. The highest BCUT2D eigenvalue weighted by Crippen LogP contribution is 2.44. The lowest BCUT2D eigenvalue weighted by molar-refractivity contribution is -0.140. The number of amides is 1. The van der Waals surface area contributed by atoms with Crippen LogP contribution in [0.3, 0.4) is 0 Å². The second-order valence-electron chi connectivity index (χ2n) is 8.13. The van der Waals surface area contributed by atoms with Crippen molar-refractivity contribution in [1.29, 1.82) is 0 Å². The number of carbonyl (C=O) groups is 2. The van der Waals surface area contributed by atoms with Gasteiger partial charge in [0.1, 0.15) is 6.61 Å². The smallest absolute Gasteiger partial charge is 0.336 e. The van der Waals surface area contributed by atoms with Gasteiger partial charge in [0.15, 0.2) is 5.82 Å². The summed E-state index contributed by atoms with van der Waals surface area (Å²) in [6.07, 6.45) is 4.35. The van der Waals surface area contributed by atoms with Gasteiger partial charge in [-0.25, -0.2) is 14.8 Å². The van der Waals surface area contributed by atoms with Crippen molar-refractivity contribution in [3.63, 3.8) is 0 Å². The molecule has 9 heteroatoms. The summed E-state index contributed by atoms with van der Waals surface area (Å²) in [5.41, 5.74) is 6.68. The van der Waals surface area contributed by atoms with Crippen molar-refractivity contribution in [2.45, 2.75) is 32.3 Å². The third kappa shape index (κ3) is 3.59. The molecule has 3 N–H and O–H groups in total. The van der Waals surface area contributed by atoms with Crippen LogP contribution in [-0.2, 0) is 20.7 Å². The lowest BCUT2D eigenvalue weighted by Crippen LogP contribution is -2.48. The predicted molar refractivity (Wildman–Crippen MR) is 110 cm³/mol. The third-order valence-corrected chi connectivity index (χ3v) is 6.55. The van der Waals surface area contributed by atoms with Gasteiger partial charge in [-0.2, -0.15) is 0 Å². The van der Waals surface area contributed by atoms with Crippen LogP contribution >= 0.6 is 0 Å². The number of nitrogens with two attached hydrogens (primary N) is 1. The number of aliphatic imine (C=N–C) groups is 1. The molecule has 4 heterocycles. The van der Waals surface area contributed by atoms with Gasteiger partial charge in [0.05, 0.1) is 35.7 Å². The van der Waals surface area contributed by atoms with Crippen LogP contribution in [0.4, 0.5) is 5.82 Å². The molecule has 1 unspecified atom stereocenters. The van der Waals surface area contributed by atoms with Crippen molar-refractivity contribution < 1.29 is 19.4 Å². The largest absolute Gasteiger partial charge is 0.456 e. The highest BCUT2D eigenvalue weighted by molar-refractivity contribution is 5.94. The van der Waals surface area contributed by atoms with Crippen LogP contribution in [-0.4, -0.2) is 77.0 Å². The summed E-state index contributed by atoms with van der Waals surface area (Å²) < 4.78 is 5.05. The van der Waals surface area contributed by atoms with Gasteiger partial charge in [0.2, 0.25) is 5.91 Å². The number of aliphatic hydroxyl groups is 1. The van der Waals surface area contributed by atoms with Crippen LogP contribution in [0.1, 0.15) is 25.3 Å². The van der Waals surface area contributed by atoms with Crippen molar-refractivity contribution >= 4 is 24.0 Å². The molecule has 0 bridgehead atoms. The molecule has 0 radical (unpaired) electrons. The number of rotatable bonds is 5. The zero-order valence-electron chi connectivity index (χ0n) is 17.1. The first kappa shape index (κ1) is 20.5. The fourth-order valence-corrected chi connectivity index (χ4v) is 4.55. The predicted octanol–water partition coefficient (Wildman–Crippen LogP) is 0.359. The van der Waals surface area contributed by atoms with Gasteiger partial charge in [-0.1, -0.05) is 6.07 Å². The number of aromatic nitrogens is 1. The van der Waals surface area contributed by atoms with Crippen LogP contribution in [0.5, 0.6) is 0 Å². The minimum atomic E-state index is -0.765. The number of pyridine rings is 1. The Morgan fingerprint density at radius 2 is 2.13 bits per heavy atom. The second kappa shape index (κ2) is 8.16. The summed E-state index contributed by atoms with van der Waals surface area (Å²) in [6, 6.07) is 3.82. The molecule has 0 saturated carbocycles. The number of hydrogen-bond acceptors (Lipinski definition) is 7. The van der Waals surface area contributed by atoms with Crippen LogP contribution in [0.2, 0.25) is 0 Å². The van der Waals surface area contributed by atoms with E-state index in [9.17, 15) is 14.7 Å². The molecular formula is C21H27N5O4. The SMILES string of the molecule is CC1=C(N2CC(O)C3(CCN(CCc4ccc(N=CN)nc4)CC3)C2=O)COC1=O. The highest BCUT2D eigenvalue weighted by atomic mass is 16.5. The van der Waals surface area contributed by atoms with E-state index in [1.165, 1.54) is 6.34 Å². The molecule has 9 nitrogen and oxygen atoms in total. The molecule has 1 atom stereocenters. The zero-order valence-corrected chi connectivity index (χ0v) is 17.1. The minimum Gasteiger partial charge on any atom is -0.456 e. The fourth-order valence-electron chi connectivity index (χ4n) is 4.55. The Hall–Kier alpha value is -2.78. The van der Waals surface area contributed by atoms with E-state index in [1.54, 1.807) is 18.0 Å². The third-order valence-electron chi connectivity index (χ3n) is 6.55. The van der Waals surface area contributed by atoms with Crippen LogP contribution < -0.4 is 5.73 Å². The minimum absolute atomic E-state index is 0.0810. The molecule has 160 valence electrons. The molecule has 3 aliphatic heterocycles. The molecule has 3 aliphatic rings. The van der Waals surface area contributed by atoms with Crippen molar-refractivity contribution in [1.82, 2.24) is 14.8 Å².